The standard InChI is InChI=1S/C13H9ClN4O2S/c14-8-3-1-7(2-4-8)13(20)6-21-12-16-11(19)9-5-15-17-10(9)18(12)13/h1-5,20H,6H2,(H,15,17)/t13-/m1/s1. The Morgan fingerprint density at radius 2 is 2.14 bits per heavy atom. The number of hydrogen-bond acceptors (Lipinski definition) is 5. The summed E-state index contributed by atoms with van der Waals surface area (Å²) in [6.45, 7) is 0. The van der Waals surface area contributed by atoms with E-state index in [9.17, 15) is 9.90 Å². The zero-order valence-electron chi connectivity index (χ0n) is 10.6. The maximum atomic E-state index is 11.9. The Hall–Kier alpha value is -1.83. The normalized spacial score (nSPS) is 20.9. The van der Waals surface area contributed by atoms with Gasteiger partial charge in [0.1, 0.15) is 11.0 Å². The smallest absolute Gasteiger partial charge is 0.284 e. The van der Waals surface area contributed by atoms with Gasteiger partial charge in [-0.15, -0.1) is 0 Å². The first kappa shape index (κ1) is 12.9. The summed E-state index contributed by atoms with van der Waals surface area (Å²) in [5.74, 6) is 0.360. The third-order valence-corrected chi connectivity index (χ3v) is 4.87. The molecule has 6 nitrogen and oxygen atoms in total. The van der Waals surface area contributed by atoms with E-state index in [0.717, 1.165) is 0 Å². The molecule has 0 saturated heterocycles. The molecule has 0 unspecified atom stereocenters. The number of aromatic nitrogens is 4. The average Bonchev–Trinajstić information content (AvgIpc) is 3.06. The van der Waals surface area contributed by atoms with Gasteiger partial charge in [0.15, 0.2) is 10.9 Å². The van der Waals surface area contributed by atoms with Crippen molar-refractivity contribution in [3.8, 4) is 0 Å². The molecule has 1 aliphatic heterocycles. The van der Waals surface area contributed by atoms with Gasteiger partial charge in [0, 0.05) is 10.6 Å². The van der Waals surface area contributed by atoms with Crippen molar-refractivity contribution >= 4 is 34.4 Å². The summed E-state index contributed by atoms with van der Waals surface area (Å²) in [4.78, 5) is 15.9. The van der Waals surface area contributed by atoms with Crippen LogP contribution in [-0.4, -0.2) is 30.6 Å². The zero-order valence-corrected chi connectivity index (χ0v) is 12.1. The van der Waals surface area contributed by atoms with Crippen LogP contribution in [0.4, 0.5) is 0 Å². The molecular weight excluding hydrogens is 312 g/mol. The third kappa shape index (κ3) is 1.75. The minimum Gasteiger partial charge on any atom is -0.366 e. The van der Waals surface area contributed by atoms with Gasteiger partial charge in [-0.2, -0.15) is 10.1 Å². The predicted octanol–water partition coefficient (Wildman–Crippen LogP) is 1.57. The average molecular weight is 321 g/mol. The van der Waals surface area contributed by atoms with Crippen molar-refractivity contribution in [2.24, 2.45) is 0 Å². The molecule has 0 radical (unpaired) electrons. The van der Waals surface area contributed by atoms with Crippen LogP contribution in [0, 0.1) is 0 Å². The van der Waals surface area contributed by atoms with Crippen molar-refractivity contribution in [1.82, 2.24) is 19.7 Å². The first-order chi connectivity index (χ1) is 10.1. The minimum atomic E-state index is -1.30. The second kappa shape index (κ2) is 4.33. The second-order valence-electron chi connectivity index (χ2n) is 4.78. The molecule has 0 fully saturated rings. The summed E-state index contributed by atoms with van der Waals surface area (Å²) < 4.78 is 1.62. The van der Waals surface area contributed by atoms with Gasteiger partial charge in [-0.3, -0.25) is 14.5 Å². The first-order valence-electron chi connectivity index (χ1n) is 6.17. The highest BCUT2D eigenvalue weighted by atomic mass is 35.5. The highest BCUT2D eigenvalue weighted by molar-refractivity contribution is 7.99. The molecule has 0 saturated carbocycles. The number of H-pyrrole nitrogens is 1. The fraction of sp³-hybridized carbons (Fsp3) is 0.154. The lowest BCUT2D eigenvalue weighted by molar-refractivity contribution is 0.0312. The van der Waals surface area contributed by atoms with Gasteiger partial charge in [0.2, 0.25) is 0 Å². The molecule has 3 heterocycles. The summed E-state index contributed by atoms with van der Waals surface area (Å²) in [6.07, 6.45) is 1.42. The number of hydrogen-bond donors (Lipinski definition) is 2. The van der Waals surface area contributed by atoms with E-state index >= 15 is 0 Å². The van der Waals surface area contributed by atoms with Crippen LogP contribution in [-0.2, 0) is 5.72 Å². The van der Waals surface area contributed by atoms with Crippen molar-refractivity contribution in [3.05, 3.63) is 51.4 Å². The van der Waals surface area contributed by atoms with Crippen LogP contribution in [0.5, 0.6) is 0 Å². The fourth-order valence-electron chi connectivity index (χ4n) is 2.50. The van der Waals surface area contributed by atoms with E-state index in [1.54, 1.807) is 28.8 Å². The minimum absolute atomic E-state index is 0.349. The Bertz CT molecular complexity index is 905. The van der Waals surface area contributed by atoms with Gasteiger partial charge >= 0.3 is 0 Å². The number of rotatable bonds is 1. The van der Waals surface area contributed by atoms with Crippen LogP contribution >= 0.6 is 23.4 Å². The maximum Gasteiger partial charge on any atom is 0.284 e. The number of thioether (sulfide) groups is 1. The lowest BCUT2D eigenvalue weighted by Crippen LogP contribution is -2.35. The van der Waals surface area contributed by atoms with Crippen LogP contribution in [0.1, 0.15) is 5.56 Å². The van der Waals surface area contributed by atoms with E-state index in [4.69, 9.17) is 11.6 Å². The summed E-state index contributed by atoms with van der Waals surface area (Å²) in [5, 5.41) is 19.2. The Labute approximate surface area is 127 Å². The number of fused-ring (bicyclic) bond motifs is 3. The molecule has 0 amide bonds. The van der Waals surface area contributed by atoms with Gasteiger partial charge in [-0.05, 0) is 12.1 Å². The molecule has 4 rings (SSSR count). The number of nitrogens with zero attached hydrogens (tertiary/aromatic N) is 3. The third-order valence-electron chi connectivity index (χ3n) is 3.54. The molecule has 3 aromatic rings. The van der Waals surface area contributed by atoms with E-state index in [1.807, 2.05) is 0 Å². The van der Waals surface area contributed by atoms with Crippen molar-refractivity contribution in [3.63, 3.8) is 0 Å². The Morgan fingerprint density at radius 1 is 1.38 bits per heavy atom. The molecular formula is C13H9ClN4O2S. The monoisotopic (exact) mass is 320 g/mol. The predicted molar refractivity (Wildman–Crippen MR) is 79.6 cm³/mol. The van der Waals surface area contributed by atoms with Crippen LogP contribution in [0.15, 0.2) is 40.4 Å². The second-order valence-corrected chi connectivity index (χ2v) is 6.16. The molecule has 8 heteroatoms. The van der Waals surface area contributed by atoms with E-state index < -0.39 is 5.72 Å². The van der Waals surface area contributed by atoms with Crippen molar-refractivity contribution in [2.75, 3.05) is 5.75 Å². The van der Waals surface area contributed by atoms with E-state index in [0.29, 0.717) is 32.5 Å². The molecule has 0 bridgehead atoms. The summed E-state index contributed by atoms with van der Waals surface area (Å²) in [6, 6.07) is 6.96. The molecule has 2 aromatic heterocycles. The molecule has 2 N–H and O–H groups in total. The van der Waals surface area contributed by atoms with E-state index in [1.165, 1.54) is 18.0 Å². The molecule has 106 valence electrons. The number of aromatic amines is 1. The van der Waals surface area contributed by atoms with Crippen molar-refractivity contribution in [2.45, 2.75) is 10.9 Å². The first-order valence-corrected chi connectivity index (χ1v) is 7.54. The van der Waals surface area contributed by atoms with Gasteiger partial charge in [-0.25, -0.2) is 0 Å². The lowest BCUT2D eigenvalue weighted by atomic mass is 10.0. The highest BCUT2D eigenvalue weighted by Gasteiger charge is 2.41. The number of aliphatic hydroxyl groups is 1. The van der Waals surface area contributed by atoms with Gasteiger partial charge < -0.3 is 5.11 Å². The van der Waals surface area contributed by atoms with Crippen LogP contribution in [0.3, 0.4) is 0 Å². The molecule has 21 heavy (non-hydrogen) atoms. The fourth-order valence-corrected chi connectivity index (χ4v) is 3.77. The molecule has 1 atom stereocenters. The number of benzene rings is 1. The quantitative estimate of drug-likeness (QED) is 0.665. The van der Waals surface area contributed by atoms with Crippen LogP contribution < -0.4 is 5.56 Å². The van der Waals surface area contributed by atoms with Crippen molar-refractivity contribution < 1.29 is 5.11 Å². The Balaban J connectivity index is 2.03. The van der Waals surface area contributed by atoms with Crippen LogP contribution in [0.2, 0.25) is 5.02 Å². The summed E-state index contributed by atoms with van der Waals surface area (Å²) >= 11 is 7.23. The van der Waals surface area contributed by atoms with Crippen LogP contribution in [0.25, 0.3) is 11.0 Å². The Kier molecular flexibility index (Phi) is 2.66. The van der Waals surface area contributed by atoms with E-state index in [2.05, 4.69) is 15.2 Å². The lowest BCUT2D eigenvalue weighted by Gasteiger charge is -2.26. The largest absolute Gasteiger partial charge is 0.366 e. The molecule has 1 aromatic carbocycles. The molecule has 0 spiro atoms. The summed E-state index contributed by atoms with van der Waals surface area (Å²) in [5.41, 5.74) is -0.499. The number of halogens is 1. The topological polar surface area (TPSA) is 83.8 Å². The zero-order chi connectivity index (χ0) is 14.6. The summed E-state index contributed by atoms with van der Waals surface area (Å²) in [7, 11) is 0. The SMILES string of the molecule is O=c1nc2n(c3[nH]ncc13)[C@](O)(c1ccc(Cl)cc1)CS2. The van der Waals surface area contributed by atoms with Gasteiger partial charge in [0.25, 0.3) is 5.56 Å². The highest BCUT2D eigenvalue weighted by Crippen LogP contribution is 2.40. The van der Waals surface area contributed by atoms with Gasteiger partial charge in [-0.1, -0.05) is 35.5 Å². The molecule has 1 aliphatic rings. The van der Waals surface area contributed by atoms with E-state index in [-0.39, 0.29) is 5.56 Å². The Morgan fingerprint density at radius 3 is 2.90 bits per heavy atom. The number of nitrogens with one attached hydrogen (secondary N) is 1. The maximum absolute atomic E-state index is 11.9. The van der Waals surface area contributed by atoms with Crippen molar-refractivity contribution in [1.29, 1.82) is 0 Å². The molecule has 0 aliphatic carbocycles. The van der Waals surface area contributed by atoms with Gasteiger partial charge in [0.05, 0.1) is 11.9 Å².